The molecule has 0 atom stereocenters. The van der Waals surface area contributed by atoms with Crippen molar-refractivity contribution in [1.29, 1.82) is 0 Å². The molecule has 3 N–H and O–H groups in total. The van der Waals surface area contributed by atoms with E-state index in [9.17, 15) is 9.90 Å². The van der Waals surface area contributed by atoms with Crippen molar-refractivity contribution in [2.75, 3.05) is 19.6 Å². The van der Waals surface area contributed by atoms with Gasteiger partial charge in [0.2, 0.25) is 0 Å². The number of piperidine rings is 1. The fourth-order valence-corrected chi connectivity index (χ4v) is 2.28. The predicted molar refractivity (Wildman–Crippen MR) is 74.9 cm³/mol. The van der Waals surface area contributed by atoms with Gasteiger partial charge in [0, 0.05) is 13.1 Å². The first-order valence-electron chi connectivity index (χ1n) is 7.16. The van der Waals surface area contributed by atoms with Crippen LogP contribution in [0.2, 0.25) is 0 Å². The first kappa shape index (κ1) is 16.2. The zero-order valence-electron chi connectivity index (χ0n) is 12.4. The molecular weight excluding hydrogens is 244 g/mol. The third-order valence-corrected chi connectivity index (χ3v) is 3.44. The lowest BCUT2D eigenvalue weighted by atomic mass is 9.86. The second kappa shape index (κ2) is 6.57. The average molecular weight is 272 g/mol. The van der Waals surface area contributed by atoms with Crippen LogP contribution in [0.5, 0.6) is 0 Å². The van der Waals surface area contributed by atoms with Gasteiger partial charge in [0.25, 0.3) is 0 Å². The van der Waals surface area contributed by atoms with E-state index in [-0.39, 0.29) is 6.09 Å². The maximum absolute atomic E-state index is 11.9. The normalized spacial score (nSPS) is 19.3. The number of unbranched alkanes of at least 4 members (excludes halogenated alkanes) is 1. The van der Waals surface area contributed by atoms with Crippen LogP contribution in [0.15, 0.2) is 0 Å². The molecule has 0 bridgehead atoms. The molecule has 112 valence electrons. The molecule has 1 aliphatic heterocycles. The van der Waals surface area contributed by atoms with E-state index in [0.29, 0.717) is 32.5 Å². The van der Waals surface area contributed by atoms with Crippen LogP contribution >= 0.6 is 0 Å². The van der Waals surface area contributed by atoms with Crippen LogP contribution < -0.4 is 5.73 Å². The van der Waals surface area contributed by atoms with Gasteiger partial charge in [-0.05, 0) is 59.4 Å². The lowest BCUT2D eigenvalue weighted by molar-refractivity contribution is -0.0376. The van der Waals surface area contributed by atoms with Gasteiger partial charge in [0.05, 0.1) is 5.60 Å². The quantitative estimate of drug-likeness (QED) is 0.766. The number of carbonyl (C=O) groups is 1. The summed E-state index contributed by atoms with van der Waals surface area (Å²) in [7, 11) is 0. The number of rotatable bonds is 4. The first-order valence-corrected chi connectivity index (χ1v) is 7.16. The molecule has 0 radical (unpaired) electrons. The van der Waals surface area contributed by atoms with Gasteiger partial charge in [-0.2, -0.15) is 0 Å². The minimum atomic E-state index is -0.631. The molecular formula is C14H28N2O3. The van der Waals surface area contributed by atoms with Gasteiger partial charge in [0.1, 0.15) is 5.60 Å². The van der Waals surface area contributed by atoms with Gasteiger partial charge < -0.3 is 20.5 Å². The average Bonchev–Trinajstić information content (AvgIpc) is 2.27. The number of nitrogens with zero attached hydrogens (tertiary/aromatic N) is 1. The highest BCUT2D eigenvalue weighted by Gasteiger charge is 2.34. The van der Waals surface area contributed by atoms with Crippen LogP contribution in [-0.2, 0) is 4.74 Å². The zero-order valence-corrected chi connectivity index (χ0v) is 12.4. The van der Waals surface area contributed by atoms with Gasteiger partial charge in [-0.25, -0.2) is 4.79 Å². The van der Waals surface area contributed by atoms with Crippen LogP contribution in [-0.4, -0.2) is 46.9 Å². The lowest BCUT2D eigenvalue weighted by Crippen LogP contribution is -2.48. The molecule has 5 heteroatoms. The molecule has 1 fully saturated rings. The van der Waals surface area contributed by atoms with Crippen molar-refractivity contribution >= 4 is 6.09 Å². The molecule has 1 amide bonds. The highest BCUT2D eigenvalue weighted by atomic mass is 16.6. The number of likely N-dealkylation sites (tertiary alicyclic amines) is 1. The maximum atomic E-state index is 11.9. The minimum absolute atomic E-state index is 0.281. The summed E-state index contributed by atoms with van der Waals surface area (Å²) in [6, 6.07) is 0. The SMILES string of the molecule is CC(C)(C)OC(=O)N1CCC(O)(CCCCN)CC1. The minimum Gasteiger partial charge on any atom is -0.444 e. The Kier molecular flexibility index (Phi) is 5.62. The van der Waals surface area contributed by atoms with Crippen molar-refractivity contribution in [2.45, 2.75) is 64.1 Å². The number of ether oxygens (including phenoxy) is 1. The Labute approximate surface area is 116 Å². The Bertz CT molecular complexity index is 292. The molecule has 0 aromatic carbocycles. The van der Waals surface area contributed by atoms with Crippen LogP contribution in [0.1, 0.15) is 52.9 Å². The van der Waals surface area contributed by atoms with Crippen molar-refractivity contribution in [3.63, 3.8) is 0 Å². The van der Waals surface area contributed by atoms with E-state index in [4.69, 9.17) is 10.5 Å². The van der Waals surface area contributed by atoms with Crippen LogP contribution in [0.4, 0.5) is 4.79 Å². The van der Waals surface area contributed by atoms with Crippen molar-refractivity contribution in [1.82, 2.24) is 4.90 Å². The number of carbonyl (C=O) groups excluding carboxylic acids is 1. The highest BCUT2D eigenvalue weighted by Crippen LogP contribution is 2.28. The third-order valence-electron chi connectivity index (χ3n) is 3.44. The second-order valence-corrected chi connectivity index (χ2v) is 6.44. The van der Waals surface area contributed by atoms with E-state index < -0.39 is 11.2 Å². The summed E-state index contributed by atoms with van der Waals surface area (Å²) in [5.41, 5.74) is 4.36. The van der Waals surface area contributed by atoms with E-state index in [1.165, 1.54) is 0 Å². The number of aliphatic hydroxyl groups is 1. The van der Waals surface area contributed by atoms with Crippen LogP contribution in [0.3, 0.4) is 0 Å². The third kappa shape index (κ3) is 5.78. The Balaban J connectivity index is 2.37. The smallest absolute Gasteiger partial charge is 0.410 e. The van der Waals surface area contributed by atoms with Crippen LogP contribution in [0.25, 0.3) is 0 Å². The molecule has 0 saturated carbocycles. The number of nitrogens with two attached hydrogens (primary N) is 1. The zero-order chi connectivity index (χ0) is 14.5. The Hall–Kier alpha value is -0.810. The highest BCUT2D eigenvalue weighted by molar-refractivity contribution is 5.68. The van der Waals surface area contributed by atoms with Crippen molar-refractivity contribution in [3.05, 3.63) is 0 Å². The first-order chi connectivity index (χ1) is 8.76. The molecule has 0 aliphatic carbocycles. The Morgan fingerprint density at radius 3 is 2.37 bits per heavy atom. The number of hydrogen-bond donors (Lipinski definition) is 2. The molecule has 5 nitrogen and oxygen atoms in total. The van der Waals surface area contributed by atoms with Gasteiger partial charge in [-0.3, -0.25) is 0 Å². The fraction of sp³-hybridized carbons (Fsp3) is 0.929. The number of hydrogen-bond acceptors (Lipinski definition) is 4. The Morgan fingerprint density at radius 2 is 1.89 bits per heavy atom. The van der Waals surface area contributed by atoms with Crippen molar-refractivity contribution in [2.24, 2.45) is 5.73 Å². The molecule has 1 heterocycles. The van der Waals surface area contributed by atoms with Gasteiger partial charge in [-0.15, -0.1) is 0 Å². The summed E-state index contributed by atoms with van der Waals surface area (Å²) in [6.07, 6.45) is 3.62. The van der Waals surface area contributed by atoms with Crippen molar-refractivity contribution in [3.8, 4) is 0 Å². The van der Waals surface area contributed by atoms with E-state index >= 15 is 0 Å². The van der Waals surface area contributed by atoms with E-state index in [2.05, 4.69) is 0 Å². The molecule has 1 aliphatic rings. The van der Waals surface area contributed by atoms with Gasteiger partial charge in [0.15, 0.2) is 0 Å². The van der Waals surface area contributed by atoms with Gasteiger partial charge >= 0.3 is 6.09 Å². The van der Waals surface area contributed by atoms with Gasteiger partial charge in [-0.1, -0.05) is 0 Å². The maximum Gasteiger partial charge on any atom is 0.410 e. The lowest BCUT2D eigenvalue weighted by Gasteiger charge is -2.38. The van der Waals surface area contributed by atoms with E-state index in [0.717, 1.165) is 19.3 Å². The molecule has 0 aromatic rings. The largest absolute Gasteiger partial charge is 0.444 e. The van der Waals surface area contributed by atoms with Crippen LogP contribution in [0, 0.1) is 0 Å². The molecule has 1 rings (SSSR count). The topological polar surface area (TPSA) is 75.8 Å². The summed E-state index contributed by atoms with van der Waals surface area (Å²) < 4.78 is 5.33. The second-order valence-electron chi connectivity index (χ2n) is 6.44. The molecule has 19 heavy (non-hydrogen) atoms. The summed E-state index contributed by atoms with van der Waals surface area (Å²) in [5.74, 6) is 0. The van der Waals surface area contributed by atoms with E-state index in [1.54, 1.807) is 4.90 Å². The summed E-state index contributed by atoms with van der Waals surface area (Å²) in [6.45, 7) is 7.37. The molecule has 0 spiro atoms. The van der Waals surface area contributed by atoms with E-state index in [1.807, 2.05) is 20.8 Å². The standard InChI is InChI=1S/C14H28N2O3/c1-13(2,3)19-12(17)16-10-7-14(18,8-11-16)6-4-5-9-15/h18H,4-11,15H2,1-3H3. The summed E-state index contributed by atoms with van der Waals surface area (Å²) >= 11 is 0. The number of amides is 1. The van der Waals surface area contributed by atoms with Crippen molar-refractivity contribution < 1.29 is 14.6 Å². The fourth-order valence-electron chi connectivity index (χ4n) is 2.28. The summed E-state index contributed by atoms with van der Waals surface area (Å²) in [4.78, 5) is 13.6. The Morgan fingerprint density at radius 1 is 1.32 bits per heavy atom. The molecule has 0 aromatic heterocycles. The molecule has 1 saturated heterocycles. The predicted octanol–water partition coefficient (Wildman–Crippen LogP) is 1.88. The summed E-state index contributed by atoms with van der Waals surface area (Å²) in [5, 5.41) is 10.4. The monoisotopic (exact) mass is 272 g/mol. The molecule has 0 unspecified atom stereocenters.